The quantitative estimate of drug-likeness (QED) is 0.286. The number of carbonyl (C=O) groups excluding carboxylic acids is 1. The van der Waals surface area contributed by atoms with Gasteiger partial charge in [-0.3, -0.25) is 0 Å². The number of amides is 2. The first-order chi connectivity index (χ1) is 18.1. The van der Waals surface area contributed by atoms with Gasteiger partial charge >= 0.3 is 6.03 Å². The Hall–Kier alpha value is -4.32. The van der Waals surface area contributed by atoms with E-state index in [4.69, 9.17) is 4.74 Å². The van der Waals surface area contributed by atoms with Crippen molar-refractivity contribution in [2.45, 2.75) is 45.4 Å². The summed E-state index contributed by atoms with van der Waals surface area (Å²) in [6.07, 6.45) is 1.65. The summed E-state index contributed by atoms with van der Waals surface area (Å²) in [5.74, 6) is 1.05. The second-order valence-corrected chi connectivity index (χ2v) is 11.3. The van der Waals surface area contributed by atoms with Crippen LogP contribution in [0.3, 0.4) is 0 Å². The monoisotopic (exact) mass is 506 g/mol. The summed E-state index contributed by atoms with van der Waals surface area (Å²) in [6, 6.07) is 27.4. The Labute approximate surface area is 224 Å². The Balaban J connectivity index is 1.38. The largest absolute Gasteiger partial charge is 0.437 e. The molecule has 0 aliphatic carbocycles. The van der Waals surface area contributed by atoms with Crippen LogP contribution in [0.15, 0.2) is 91.1 Å². The van der Waals surface area contributed by atoms with Gasteiger partial charge in [0, 0.05) is 29.4 Å². The summed E-state index contributed by atoms with van der Waals surface area (Å²) in [5, 5.41) is 5.98. The fraction of sp³-hybridized carbons (Fsp3) is 0.250. The average molecular weight is 507 g/mol. The van der Waals surface area contributed by atoms with Crippen molar-refractivity contribution in [3.8, 4) is 11.6 Å². The van der Waals surface area contributed by atoms with E-state index in [1.54, 1.807) is 18.3 Å². The molecule has 0 bridgehead atoms. The number of para-hydroxylation sites is 4. The number of benzene rings is 3. The number of nitrogens with zero attached hydrogens (tertiary/aromatic N) is 2. The molecule has 194 valence electrons. The number of rotatable bonds is 5. The number of hydrogen-bond donors (Lipinski definition) is 2. The number of hydrogen-bond acceptors (Lipinski definition) is 4. The highest BCUT2D eigenvalue weighted by Crippen LogP contribution is 2.46. The molecule has 6 nitrogen and oxygen atoms in total. The Bertz CT molecular complexity index is 1470. The van der Waals surface area contributed by atoms with Crippen molar-refractivity contribution in [2.24, 2.45) is 0 Å². The van der Waals surface area contributed by atoms with Gasteiger partial charge in [-0.05, 0) is 47.4 Å². The smallest absolute Gasteiger partial charge is 0.323 e. The molecule has 0 saturated carbocycles. The highest BCUT2D eigenvalue weighted by atomic mass is 16.5. The van der Waals surface area contributed by atoms with Crippen molar-refractivity contribution >= 4 is 28.8 Å². The van der Waals surface area contributed by atoms with E-state index in [1.807, 2.05) is 48.5 Å². The number of nitrogens with one attached hydrogen (secondary N) is 2. The first kappa shape index (κ1) is 25.3. The van der Waals surface area contributed by atoms with Crippen molar-refractivity contribution in [3.63, 3.8) is 0 Å². The van der Waals surface area contributed by atoms with E-state index in [1.165, 1.54) is 5.56 Å². The first-order valence-electron chi connectivity index (χ1n) is 12.9. The molecule has 0 unspecified atom stereocenters. The van der Waals surface area contributed by atoms with E-state index in [0.29, 0.717) is 17.3 Å². The van der Waals surface area contributed by atoms with Crippen molar-refractivity contribution in [3.05, 3.63) is 102 Å². The molecule has 1 aromatic heterocycles. The van der Waals surface area contributed by atoms with Crippen molar-refractivity contribution < 1.29 is 9.53 Å². The van der Waals surface area contributed by atoms with Crippen LogP contribution in [0.25, 0.3) is 0 Å². The maximum Gasteiger partial charge on any atom is 0.323 e. The summed E-state index contributed by atoms with van der Waals surface area (Å²) >= 11 is 0. The van der Waals surface area contributed by atoms with Gasteiger partial charge in [-0.1, -0.05) is 83.1 Å². The SMILES string of the molecule is CC(C)(C)c1ccccc1Oc1ncccc1NC(=O)Nc1ccccc1N1CC(C)(C)c2ccccc21. The molecule has 0 radical (unpaired) electrons. The predicted molar refractivity (Wildman–Crippen MR) is 155 cm³/mol. The van der Waals surface area contributed by atoms with E-state index in [2.05, 4.69) is 79.4 Å². The van der Waals surface area contributed by atoms with Crippen molar-refractivity contribution in [1.82, 2.24) is 4.98 Å². The van der Waals surface area contributed by atoms with Gasteiger partial charge in [0.05, 0.1) is 11.4 Å². The van der Waals surface area contributed by atoms with E-state index in [0.717, 1.165) is 29.2 Å². The molecule has 4 aromatic rings. The fourth-order valence-electron chi connectivity index (χ4n) is 5.00. The Kier molecular flexibility index (Phi) is 6.57. The fourth-order valence-corrected chi connectivity index (χ4v) is 5.00. The molecule has 2 N–H and O–H groups in total. The van der Waals surface area contributed by atoms with Crippen LogP contribution in [0.1, 0.15) is 45.7 Å². The molecule has 6 heteroatoms. The molecule has 38 heavy (non-hydrogen) atoms. The van der Waals surface area contributed by atoms with Crippen LogP contribution in [0.2, 0.25) is 0 Å². The molecule has 1 aliphatic heterocycles. The lowest BCUT2D eigenvalue weighted by molar-refractivity contribution is 0.262. The summed E-state index contributed by atoms with van der Waals surface area (Å²) in [5.41, 5.74) is 5.56. The van der Waals surface area contributed by atoms with Gasteiger partial charge in [-0.15, -0.1) is 0 Å². The van der Waals surface area contributed by atoms with Gasteiger partial charge in [-0.25, -0.2) is 9.78 Å². The Morgan fingerprint density at radius 3 is 2.26 bits per heavy atom. The van der Waals surface area contributed by atoms with Gasteiger partial charge in [0.15, 0.2) is 0 Å². The highest BCUT2D eigenvalue weighted by Gasteiger charge is 2.36. The zero-order valence-corrected chi connectivity index (χ0v) is 22.6. The number of carbonyl (C=O) groups is 1. The van der Waals surface area contributed by atoms with E-state index in [-0.39, 0.29) is 16.9 Å². The molecule has 2 heterocycles. The second kappa shape index (κ2) is 9.86. The first-order valence-corrected chi connectivity index (χ1v) is 12.9. The van der Waals surface area contributed by atoms with Gasteiger partial charge in [0.1, 0.15) is 11.4 Å². The molecule has 0 saturated heterocycles. The number of urea groups is 1. The number of pyridine rings is 1. The zero-order valence-electron chi connectivity index (χ0n) is 22.6. The minimum absolute atomic E-state index is 0.00272. The zero-order chi connectivity index (χ0) is 26.9. The lowest BCUT2D eigenvalue weighted by Gasteiger charge is -2.25. The van der Waals surface area contributed by atoms with Crippen molar-refractivity contribution in [2.75, 3.05) is 22.1 Å². The molecule has 0 atom stereocenters. The number of ether oxygens (including phenoxy) is 1. The maximum absolute atomic E-state index is 13.2. The van der Waals surface area contributed by atoms with Gasteiger partial charge in [-0.2, -0.15) is 0 Å². The minimum Gasteiger partial charge on any atom is -0.437 e. The van der Waals surface area contributed by atoms with Crippen LogP contribution in [0.5, 0.6) is 11.6 Å². The van der Waals surface area contributed by atoms with Gasteiger partial charge in [0.25, 0.3) is 0 Å². The molecular weight excluding hydrogens is 472 g/mol. The molecule has 2 amide bonds. The van der Waals surface area contributed by atoms with Crippen LogP contribution in [-0.4, -0.2) is 17.6 Å². The summed E-state index contributed by atoms with van der Waals surface area (Å²) in [7, 11) is 0. The van der Waals surface area contributed by atoms with E-state index >= 15 is 0 Å². The molecule has 0 spiro atoms. The minimum atomic E-state index is -0.369. The predicted octanol–water partition coefficient (Wildman–Crippen LogP) is 8.24. The number of anilines is 4. The van der Waals surface area contributed by atoms with Crippen molar-refractivity contribution in [1.29, 1.82) is 0 Å². The number of aromatic nitrogens is 1. The number of fused-ring (bicyclic) bond motifs is 1. The lowest BCUT2D eigenvalue weighted by atomic mass is 9.86. The third-order valence-electron chi connectivity index (χ3n) is 6.84. The molecule has 3 aromatic carbocycles. The third-order valence-corrected chi connectivity index (χ3v) is 6.84. The molecule has 5 rings (SSSR count). The maximum atomic E-state index is 13.2. The third kappa shape index (κ3) is 5.07. The van der Waals surface area contributed by atoms with E-state index in [9.17, 15) is 4.79 Å². The average Bonchev–Trinajstić information content (AvgIpc) is 3.16. The lowest BCUT2D eigenvalue weighted by Crippen LogP contribution is -2.26. The Morgan fingerprint density at radius 2 is 1.47 bits per heavy atom. The summed E-state index contributed by atoms with van der Waals surface area (Å²) in [6.45, 7) is 11.7. The van der Waals surface area contributed by atoms with Crippen LogP contribution in [0, 0.1) is 0 Å². The van der Waals surface area contributed by atoms with Crippen LogP contribution in [0.4, 0.5) is 27.5 Å². The van der Waals surface area contributed by atoms with Crippen LogP contribution in [-0.2, 0) is 10.8 Å². The molecule has 0 fully saturated rings. The highest BCUT2D eigenvalue weighted by molar-refractivity contribution is 6.03. The van der Waals surface area contributed by atoms with Gasteiger partial charge < -0.3 is 20.3 Å². The summed E-state index contributed by atoms with van der Waals surface area (Å²) in [4.78, 5) is 19.9. The van der Waals surface area contributed by atoms with Gasteiger partial charge in [0.2, 0.25) is 5.88 Å². The van der Waals surface area contributed by atoms with Crippen LogP contribution >= 0.6 is 0 Å². The Morgan fingerprint density at radius 1 is 0.842 bits per heavy atom. The summed E-state index contributed by atoms with van der Waals surface area (Å²) < 4.78 is 6.22. The van der Waals surface area contributed by atoms with E-state index < -0.39 is 0 Å². The second-order valence-electron chi connectivity index (χ2n) is 11.3. The topological polar surface area (TPSA) is 66.5 Å². The standard InChI is InChI=1S/C32H34N4O2/c1-31(2,3)23-14-7-11-19-28(23)38-29-25(16-12-20-33-29)35-30(37)34-24-15-8-10-18-27(24)36-21-32(4,5)22-13-6-9-17-26(22)36/h6-20H,21H2,1-5H3,(H2,34,35,37). The van der Waals surface area contributed by atoms with Crippen LogP contribution < -0.4 is 20.3 Å². The molecular formula is C32H34N4O2. The normalized spacial score (nSPS) is 14.1. The molecule has 1 aliphatic rings.